The maximum absolute atomic E-state index is 6.23. The van der Waals surface area contributed by atoms with Gasteiger partial charge in [0.25, 0.3) is 0 Å². The molecule has 4 heteroatoms. The van der Waals surface area contributed by atoms with Crippen LogP contribution in [0.4, 0.5) is 0 Å². The lowest BCUT2D eigenvalue weighted by atomic mass is 10.0. The average molecular weight is 349 g/mol. The summed E-state index contributed by atoms with van der Waals surface area (Å²) >= 11 is 9.72. The van der Waals surface area contributed by atoms with Gasteiger partial charge in [-0.15, -0.1) is 0 Å². The molecule has 1 aromatic heterocycles. The van der Waals surface area contributed by atoms with E-state index in [2.05, 4.69) is 20.9 Å². The molecule has 0 radical (unpaired) electrons. The maximum atomic E-state index is 6.23. The molecule has 20 heavy (non-hydrogen) atoms. The van der Waals surface area contributed by atoms with Gasteiger partial charge < -0.3 is 4.74 Å². The molecule has 0 aliphatic rings. The van der Waals surface area contributed by atoms with Crippen molar-refractivity contribution in [1.82, 2.24) is 4.98 Å². The van der Waals surface area contributed by atoms with E-state index in [9.17, 15) is 0 Å². The predicted molar refractivity (Wildman–Crippen MR) is 86.4 cm³/mol. The van der Waals surface area contributed by atoms with E-state index in [4.69, 9.17) is 16.3 Å². The highest BCUT2D eigenvalue weighted by Gasteiger charge is 2.09. The Kier molecular flexibility index (Phi) is 3.64. The molecule has 0 spiro atoms. The molecule has 0 bridgehead atoms. The van der Waals surface area contributed by atoms with Crippen LogP contribution >= 0.6 is 27.5 Å². The highest BCUT2D eigenvalue weighted by atomic mass is 79.9. The Labute approximate surface area is 130 Å². The van der Waals surface area contributed by atoms with E-state index in [1.165, 1.54) is 0 Å². The third-order valence-electron chi connectivity index (χ3n) is 3.13. The molecule has 3 rings (SSSR count). The fraction of sp³-hybridized carbons (Fsp3) is 0.0625. The van der Waals surface area contributed by atoms with Gasteiger partial charge in [0.05, 0.1) is 17.8 Å². The monoisotopic (exact) mass is 347 g/mol. The molecule has 0 fully saturated rings. The highest BCUT2D eigenvalue weighted by Crippen LogP contribution is 2.34. The van der Waals surface area contributed by atoms with Gasteiger partial charge in [-0.1, -0.05) is 39.7 Å². The Morgan fingerprint density at radius 2 is 2.00 bits per heavy atom. The minimum absolute atomic E-state index is 0.587. The third-order valence-corrected chi connectivity index (χ3v) is 3.92. The van der Waals surface area contributed by atoms with Crippen molar-refractivity contribution in [2.24, 2.45) is 0 Å². The minimum Gasteiger partial charge on any atom is -0.495 e. The zero-order chi connectivity index (χ0) is 14.1. The van der Waals surface area contributed by atoms with E-state index >= 15 is 0 Å². The van der Waals surface area contributed by atoms with Crippen LogP contribution in [0.5, 0.6) is 5.75 Å². The van der Waals surface area contributed by atoms with Crippen LogP contribution in [0.3, 0.4) is 0 Å². The van der Waals surface area contributed by atoms with E-state index < -0.39 is 0 Å². The first-order valence-electron chi connectivity index (χ1n) is 6.07. The molecule has 2 nitrogen and oxygen atoms in total. The number of fused-ring (bicyclic) bond motifs is 1. The normalized spacial score (nSPS) is 10.8. The summed E-state index contributed by atoms with van der Waals surface area (Å²) in [6.45, 7) is 0. The van der Waals surface area contributed by atoms with Crippen LogP contribution in [0, 0.1) is 0 Å². The van der Waals surface area contributed by atoms with Crippen LogP contribution in [0.25, 0.3) is 22.0 Å². The summed E-state index contributed by atoms with van der Waals surface area (Å²) in [6, 6.07) is 13.8. The number of hydrogen-bond acceptors (Lipinski definition) is 2. The van der Waals surface area contributed by atoms with Gasteiger partial charge in [-0.3, -0.25) is 4.98 Å². The Morgan fingerprint density at radius 3 is 2.75 bits per heavy atom. The van der Waals surface area contributed by atoms with Crippen LogP contribution in [0.2, 0.25) is 5.02 Å². The number of nitrogens with zero attached hydrogens (tertiary/aromatic N) is 1. The van der Waals surface area contributed by atoms with Gasteiger partial charge in [0, 0.05) is 21.6 Å². The van der Waals surface area contributed by atoms with Crippen LogP contribution in [-0.2, 0) is 0 Å². The molecule has 2 aromatic carbocycles. The summed E-state index contributed by atoms with van der Waals surface area (Å²) in [5, 5.41) is 2.65. The molecule has 0 saturated carbocycles. The summed E-state index contributed by atoms with van der Waals surface area (Å²) in [6.07, 6.45) is 1.80. The standard InChI is InChI=1S/C16H11BrClNO/c1-20-15-8-10-5-6-19-16(13(10)9-14(15)18)11-3-2-4-12(17)7-11/h2-9H,1H3. The quantitative estimate of drug-likeness (QED) is 0.625. The zero-order valence-electron chi connectivity index (χ0n) is 10.7. The lowest BCUT2D eigenvalue weighted by Crippen LogP contribution is -1.89. The molecule has 0 atom stereocenters. The van der Waals surface area contributed by atoms with Crippen molar-refractivity contribution >= 4 is 38.3 Å². The van der Waals surface area contributed by atoms with Gasteiger partial charge in [-0.2, -0.15) is 0 Å². The number of methoxy groups -OCH3 is 1. The van der Waals surface area contributed by atoms with Gasteiger partial charge in [-0.05, 0) is 35.7 Å². The molecular weight excluding hydrogens is 338 g/mol. The van der Waals surface area contributed by atoms with Crippen molar-refractivity contribution in [2.45, 2.75) is 0 Å². The molecule has 3 aromatic rings. The summed E-state index contributed by atoms with van der Waals surface area (Å²) in [5.74, 6) is 0.672. The Hall–Kier alpha value is -1.58. The van der Waals surface area contributed by atoms with Gasteiger partial charge in [0.2, 0.25) is 0 Å². The molecule has 0 aliphatic carbocycles. The molecule has 0 saturated heterocycles. The van der Waals surface area contributed by atoms with Crippen molar-refractivity contribution in [3.63, 3.8) is 0 Å². The molecule has 0 amide bonds. The van der Waals surface area contributed by atoms with Crippen molar-refractivity contribution in [3.8, 4) is 17.0 Å². The van der Waals surface area contributed by atoms with Gasteiger partial charge in [0.1, 0.15) is 5.75 Å². The number of benzene rings is 2. The fourth-order valence-electron chi connectivity index (χ4n) is 2.20. The summed E-state index contributed by atoms with van der Waals surface area (Å²) < 4.78 is 6.28. The minimum atomic E-state index is 0.587. The fourth-order valence-corrected chi connectivity index (χ4v) is 2.84. The summed E-state index contributed by atoms with van der Waals surface area (Å²) in [7, 11) is 1.61. The molecule has 0 aliphatic heterocycles. The Balaban J connectivity index is 2.29. The molecule has 100 valence electrons. The second-order valence-corrected chi connectivity index (χ2v) is 5.70. The lowest BCUT2D eigenvalue weighted by molar-refractivity contribution is 0.415. The summed E-state index contributed by atoms with van der Waals surface area (Å²) in [5.41, 5.74) is 1.96. The highest BCUT2D eigenvalue weighted by molar-refractivity contribution is 9.10. The van der Waals surface area contributed by atoms with Crippen LogP contribution < -0.4 is 4.74 Å². The van der Waals surface area contributed by atoms with E-state index in [0.717, 1.165) is 26.5 Å². The van der Waals surface area contributed by atoms with Gasteiger partial charge >= 0.3 is 0 Å². The van der Waals surface area contributed by atoms with E-state index in [0.29, 0.717) is 10.8 Å². The van der Waals surface area contributed by atoms with E-state index in [1.54, 1.807) is 13.3 Å². The number of rotatable bonds is 2. The number of hydrogen-bond donors (Lipinski definition) is 0. The third kappa shape index (κ3) is 2.39. The topological polar surface area (TPSA) is 22.1 Å². The molecule has 1 heterocycles. The van der Waals surface area contributed by atoms with Crippen molar-refractivity contribution in [2.75, 3.05) is 7.11 Å². The van der Waals surface area contributed by atoms with Gasteiger partial charge in [0.15, 0.2) is 0 Å². The smallest absolute Gasteiger partial charge is 0.138 e. The first-order valence-corrected chi connectivity index (χ1v) is 7.24. The van der Waals surface area contributed by atoms with Crippen LogP contribution in [0.15, 0.2) is 53.1 Å². The van der Waals surface area contributed by atoms with Crippen molar-refractivity contribution in [3.05, 3.63) is 58.2 Å². The Bertz CT molecular complexity index is 789. The molecule has 0 unspecified atom stereocenters. The number of halogens is 2. The maximum Gasteiger partial charge on any atom is 0.138 e. The second-order valence-electron chi connectivity index (χ2n) is 4.38. The number of pyridine rings is 1. The van der Waals surface area contributed by atoms with Crippen LogP contribution in [0.1, 0.15) is 0 Å². The number of aromatic nitrogens is 1. The largest absolute Gasteiger partial charge is 0.495 e. The van der Waals surface area contributed by atoms with Crippen molar-refractivity contribution < 1.29 is 4.74 Å². The molecule has 0 N–H and O–H groups in total. The second kappa shape index (κ2) is 5.43. The lowest BCUT2D eigenvalue weighted by Gasteiger charge is -2.09. The average Bonchev–Trinajstić information content (AvgIpc) is 2.46. The van der Waals surface area contributed by atoms with E-state index in [1.807, 2.05) is 42.5 Å². The molecular formula is C16H11BrClNO. The van der Waals surface area contributed by atoms with Crippen LogP contribution in [-0.4, -0.2) is 12.1 Å². The summed E-state index contributed by atoms with van der Waals surface area (Å²) in [4.78, 5) is 4.49. The Morgan fingerprint density at radius 1 is 1.15 bits per heavy atom. The first-order chi connectivity index (χ1) is 9.69. The predicted octanol–water partition coefficient (Wildman–Crippen LogP) is 5.33. The number of ether oxygens (including phenoxy) is 1. The SMILES string of the molecule is COc1cc2ccnc(-c3cccc(Br)c3)c2cc1Cl. The van der Waals surface area contributed by atoms with Gasteiger partial charge in [-0.25, -0.2) is 0 Å². The first kappa shape index (κ1) is 13.4. The van der Waals surface area contributed by atoms with E-state index in [-0.39, 0.29) is 0 Å². The zero-order valence-corrected chi connectivity index (χ0v) is 13.1. The van der Waals surface area contributed by atoms with Crippen molar-refractivity contribution in [1.29, 1.82) is 0 Å².